The molecule has 4 heteroatoms. The molecule has 1 atom stereocenters. The fraction of sp³-hybridized carbons (Fsp3) is 0.667. The summed E-state index contributed by atoms with van der Waals surface area (Å²) < 4.78 is 0. The molecule has 2 heterocycles. The highest BCUT2D eigenvalue weighted by Gasteiger charge is 2.40. The maximum absolute atomic E-state index is 13.2. The molecule has 2 saturated heterocycles. The molecule has 0 saturated carbocycles. The van der Waals surface area contributed by atoms with E-state index < -0.39 is 0 Å². The van der Waals surface area contributed by atoms with Gasteiger partial charge in [0.15, 0.2) is 0 Å². The Hall–Kier alpha value is -1.39. The Labute approximate surface area is 152 Å². The number of piperidine rings is 2. The van der Waals surface area contributed by atoms with Crippen molar-refractivity contribution in [2.24, 2.45) is 5.41 Å². The second-order valence-corrected chi connectivity index (χ2v) is 8.33. The topological polar surface area (TPSA) is 26.8 Å². The molecule has 2 aliphatic heterocycles. The van der Waals surface area contributed by atoms with Crippen LogP contribution in [0.15, 0.2) is 30.3 Å². The summed E-state index contributed by atoms with van der Waals surface area (Å²) in [5.41, 5.74) is 1.18. The summed E-state index contributed by atoms with van der Waals surface area (Å²) in [6.07, 6.45) is 4.28. The smallest absolute Gasteiger partial charge is 0.228 e. The number of benzene rings is 1. The van der Waals surface area contributed by atoms with Crippen molar-refractivity contribution in [2.45, 2.75) is 45.2 Å². The number of likely N-dealkylation sites (tertiary alicyclic amines) is 2. The van der Waals surface area contributed by atoms with E-state index in [0.29, 0.717) is 11.9 Å². The number of hydrogen-bond donors (Lipinski definition) is 0. The Balaban J connectivity index is 1.55. The van der Waals surface area contributed by atoms with Gasteiger partial charge < -0.3 is 9.80 Å². The predicted molar refractivity (Wildman–Crippen MR) is 102 cm³/mol. The van der Waals surface area contributed by atoms with E-state index in [0.717, 1.165) is 52.0 Å². The highest BCUT2D eigenvalue weighted by Crippen LogP contribution is 2.34. The summed E-state index contributed by atoms with van der Waals surface area (Å²) in [4.78, 5) is 20.1. The Morgan fingerprint density at radius 3 is 2.48 bits per heavy atom. The summed E-state index contributed by atoms with van der Waals surface area (Å²) >= 11 is 0. The third kappa shape index (κ3) is 4.42. The van der Waals surface area contributed by atoms with Gasteiger partial charge in [-0.1, -0.05) is 37.3 Å². The molecule has 0 spiro atoms. The fourth-order valence-electron chi connectivity index (χ4n) is 4.20. The van der Waals surface area contributed by atoms with E-state index in [1.165, 1.54) is 12.0 Å². The summed E-state index contributed by atoms with van der Waals surface area (Å²) in [6, 6.07) is 11.2. The first kappa shape index (κ1) is 18.4. The summed E-state index contributed by atoms with van der Waals surface area (Å²) in [5.74, 6) is 0.387. The van der Waals surface area contributed by atoms with Crippen LogP contribution in [0.3, 0.4) is 0 Å². The van der Waals surface area contributed by atoms with Crippen molar-refractivity contribution in [3.63, 3.8) is 0 Å². The van der Waals surface area contributed by atoms with Gasteiger partial charge in [0.05, 0.1) is 0 Å². The highest BCUT2D eigenvalue weighted by atomic mass is 16.2. The quantitative estimate of drug-likeness (QED) is 0.841. The van der Waals surface area contributed by atoms with E-state index in [9.17, 15) is 4.79 Å². The maximum atomic E-state index is 13.2. The number of carbonyl (C=O) groups is 1. The zero-order chi connectivity index (χ0) is 17.9. The number of carbonyl (C=O) groups excluding carboxylic acids is 1. The molecule has 2 fully saturated rings. The van der Waals surface area contributed by atoms with Gasteiger partial charge in [0.2, 0.25) is 5.91 Å². The Morgan fingerprint density at radius 1 is 1.16 bits per heavy atom. The van der Waals surface area contributed by atoms with Crippen LogP contribution in [0, 0.1) is 5.41 Å². The van der Waals surface area contributed by atoms with Crippen LogP contribution in [0.2, 0.25) is 0 Å². The SMILES string of the molecule is CN(C)C1CCCN(C(=O)C2(C)CCN(Cc3ccccc3)CC2)C1. The minimum absolute atomic E-state index is 0.179. The van der Waals surface area contributed by atoms with Gasteiger partial charge in [-0.25, -0.2) is 0 Å². The van der Waals surface area contributed by atoms with Crippen molar-refractivity contribution in [1.29, 1.82) is 0 Å². The van der Waals surface area contributed by atoms with E-state index >= 15 is 0 Å². The molecule has 1 unspecified atom stereocenters. The van der Waals surface area contributed by atoms with Crippen LogP contribution in [0.1, 0.15) is 38.2 Å². The van der Waals surface area contributed by atoms with Crippen molar-refractivity contribution in [2.75, 3.05) is 40.3 Å². The van der Waals surface area contributed by atoms with Gasteiger partial charge >= 0.3 is 0 Å². The van der Waals surface area contributed by atoms with Gasteiger partial charge in [0, 0.05) is 31.1 Å². The van der Waals surface area contributed by atoms with Crippen LogP contribution in [0.4, 0.5) is 0 Å². The number of nitrogens with zero attached hydrogens (tertiary/aromatic N) is 3. The summed E-state index contributed by atoms with van der Waals surface area (Å²) in [6.45, 7) is 7.05. The van der Waals surface area contributed by atoms with Crippen molar-refractivity contribution in [1.82, 2.24) is 14.7 Å². The van der Waals surface area contributed by atoms with Gasteiger partial charge in [0.25, 0.3) is 0 Å². The average molecular weight is 344 g/mol. The van der Waals surface area contributed by atoms with Crippen LogP contribution < -0.4 is 0 Å². The summed E-state index contributed by atoms with van der Waals surface area (Å²) in [7, 11) is 4.25. The second-order valence-electron chi connectivity index (χ2n) is 8.33. The number of likely N-dealkylation sites (N-methyl/N-ethyl adjacent to an activating group) is 1. The molecule has 0 bridgehead atoms. The number of amides is 1. The van der Waals surface area contributed by atoms with Crippen molar-refractivity contribution >= 4 is 5.91 Å². The Kier molecular flexibility index (Phi) is 5.80. The minimum Gasteiger partial charge on any atom is -0.341 e. The molecule has 4 nitrogen and oxygen atoms in total. The predicted octanol–water partition coefficient (Wildman–Crippen LogP) is 2.84. The van der Waals surface area contributed by atoms with E-state index in [2.05, 4.69) is 66.1 Å². The normalized spacial score (nSPS) is 24.5. The summed E-state index contributed by atoms with van der Waals surface area (Å²) in [5, 5.41) is 0. The first-order valence-electron chi connectivity index (χ1n) is 9.70. The van der Waals surface area contributed by atoms with Crippen LogP contribution in [-0.4, -0.2) is 66.9 Å². The second kappa shape index (κ2) is 7.88. The molecule has 25 heavy (non-hydrogen) atoms. The van der Waals surface area contributed by atoms with Crippen LogP contribution >= 0.6 is 0 Å². The standard InChI is InChI=1S/C21H33N3O/c1-21(20(25)24-13-7-10-19(17-24)22(2)3)11-14-23(15-12-21)16-18-8-5-4-6-9-18/h4-6,8-9,19H,7,10-17H2,1-3H3. The van der Waals surface area contributed by atoms with Crippen LogP contribution in [0.5, 0.6) is 0 Å². The minimum atomic E-state index is -0.179. The monoisotopic (exact) mass is 343 g/mol. The molecule has 1 aromatic rings. The molecule has 1 aromatic carbocycles. The number of hydrogen-bond acceptors (Lipinski definition) is 3. The van der Waals surface area contributed by atoms with Crippen molar-refractivity contribution in [3.05, 3.63) is 35.9 Å². The van der Waals surface area contributed by atoms with Crippen LogP contribution in [-0.2, 0) is 11.3 Å². The van der Waals surface area contributed by atoms with E-state index in [1.54, 1.807) is 0 Å². The largest absolute Gasteiger partial charge is 0.341 e. The molecule has 0 aliphatic carbocycles. The first-order chi connectivity index (χ1) is 12.0. The zero-order valence-corrected chi connectivity index (χ0v) is 16.1. The zero-order valence-electron chi connectivity index (χ0n) is 16.1. The van der Waals surface area contributed by atoms with Gasteiger partial charge in [-0.05, 0) is 58.4 Å². The molecule has 138 valence electrons. The number of rotatable bonds is 4. The van der Waals surface area contributed by atoms with Gasteiger partial charge in [-0.15, -0.1) is 0 Å². The molecular formula is C21H33N3O. The highest BCUT2D eigenvalue weighted by molar-refractivity contribution is 5.82. The maximum Gasteiger partial charge on any atom is 0.228 e. The third-order valence-electron chi connectivity index (χ3n) is 6.14. The van der Waals surface area contributed by atoms with Gasteiger partial charge in [0.1, 0.15) is 0 Å². The van der Waals surface area contributed by atoms with Gasteiger partial charge in [-0.2, -0.15) is 0 Å². The van der Waals surface area contributed by atoms with Crippen LogP contribution in [0.25, 0.3) is 0 Å². The average Bonchev–Trinajstić information content (AvgIpc) is 2.64. The van der Waals surface area contributed by atoms with E-state index in [4.69, 9.17) is 0 Å². The lowest BCUT2D eigenvalue weighted by Gasteiger charge is -2.44. The molecule has 1 amide bonds. The lowest BCUT2D eigenvalue weighted by molar-refractivity contribution is -0.146. The lowest BCUT2D eigenvalue weighted by Crippen LogP contribution is -2.54. The van der Waals surface area contributed by atoms with Crippen molar-refractivity contribution in [3.8, 4) is 0 Å². The molecule has 2 aliphatic rings. The van der Waals surface area contributed by atoms with Crippen molar-refractivity contribution < 1.29 is 4.79 Å². The molecule has 0 aromatic heterocycles. The molecule has 3 rings (SSSR count). The van der Waals surface area contributed by atoms with E-state index in [1.807, 2.05) is 0 Å². The lowest BCUT2D eigenvalue weighted by atomic mass is 9.78. The first-order valence-corrected chi connectivity index (χ1v) is 9.70. The Bertz CT molecular complexity index is 564. The fourth-order valence-corrected chi connectivity index (χ4v) is 4.20. The third-order valence-corrected chi connectivity index (χ3v) is 6.14. The van der Waals surface area contributed by atoms with Gasteiger partial charge in [-0.3, -0.25) is 9.69 Å². The molecular weight excluding hydrogens is 310 g/mol. The molecule has 0 N–H and O–H groups in total. The molecule has 0 radical (unpaired) electrons. The van der Waals surface area contributed by atoms with E-state index in [-0.39, 0.29) is 5.41 Å². The Morgan fingerprint density at radius 2 is 1.84 bits per heavy atom.